The van der Waals surface area contributed by atoms with Gasteiger partial charge in [0.05, 0.1) is 55.8 Å². The van der Waals surface area contributed by atoms with Gasteiger partial charge in [-0.25, -0.2) is 0 Å². The topological polar surface area (TPSA) is 368 Å². The fourth-order valence-corrected chi connectivity index (χ4v) is 4.01. The Balaban J connectivity index is 7.80. The normalized spacial score (nSPS) is 16.1. The second-order valence-corrected chi connectivity index (χ2v) is 9.02. The summed E-state index contributed by atoms with van der Waals surface area (Å²) in [5, 5.41) is 36.5. The summed E-state index contributed by atoms with van der Waals surface area (Å²) >= 11 is 0. The van der Waals surface area contributed by atoms with Crippen molar-refractivity contribution in [2.24, 2.45) is 34.6 Å². The molecule has 19 nitrogen and oxygen atoms in total. The fraction of sp³-hybridized carbons (Fsp3) is 0.591. The summed E-state index contributed by atoms with van der Waals surface area (Å²) in [5.74, 6) is -15.6. The summed E-state index contributed by atoms with van der Waals surface area (Å²) in [4.78, 5) is 112. The van der Waals surface area contributed by atoms with Gasteiger partial charge in [-0.1, -0.05) is 0 Å². The predicted octanol–water partition coefficient (Wildman–Crippen LogP) is -5.02. The average Bonchev–Trinajstić information content (AvgIpc) is 2.85. The Hall–Kier alpha value is -4.17. The van der Waals surface area contributed by atoms with E-state index in [1.807, 2.05) is 0 Å². The van der Waals surface area contributed by atoms with E-state index in [1.54, 1.807) is 0 Å². The average molecular weight is 591 g/mol. The maximum absolute atomic E-state index is 13.8. The zero-order valence-electron chi connectivity index (χ0n) is 21.7. The van der Waals surface area contributed by atoms with Crippen LogP contribution in [-0.4, -0.2) is 115 Å². The Kier molecular flexibility index (Phi) is 14.5. The van der Waals surface area contributed by atoms with Crippen LogP contribution in [-0.2, 0) is 43.2 Å². The SMILES string of the molecule is NCCCC(C(=O)C(N)CC(=O)O)C(C=O)(C(=O)C(N)CC(=O)O)N(C(=O)C(N)CC(=O)O)C(=O)C(N)CC(=O)O. The number of ketones is 2. The highest BCUT2D eigenvalue weighted by Crippen LogP contribution is 2.34. The highest BCUT2D eigenvalue weighted by atomic mass is 16.4. The molecule has 0 radical (unpaired) electrons. The molecule has 14 N–H and O–H groups in total. The molecule has 6 atom stereocenters. The number of imide groups is 1. The summed E-state index contributed by atoms with van der Waals surface area (Å²) in [6.45, 7) is -0.235. The summed E-state index contributed by atoms with van der Waals surface area (Å²) in [6, 6.07) is -8.58. The molecule has 0 aliphatic rings. The fourth-order valence-electron chi connectivity index (χ4n) is 4.01. The van der Waals surface area contributed by atoms with Crippen LogP contribution in [0.2, 0.25) is 0 Å². The first-order valence-corrected chi connectivity index (χ1v) is 11.9. The van der Waals surface area contributed by atoms with E-state index in [4.69, 9.17) is 44.0 Å². The van der Waals surface area contributed by atoms with E-state index >= 15 is 0 Å². The van der Waals surface area contributed by atoms with Crippen molar-refractivity contribution in [3.05, 3.63) is 0 Å². The van der Waals surface area contributed by atoms with Crippen molar-refractivity contribution in [1.82, 2.24) is 4.90 Å². The van der Waals surface area contributed by atoms with Crippen molar-refractivity contribution < 1.29 is 63.6 Å². The van der Waals surface area contributed by atoms with Crippen LogP contribution in [0.1, 0.15) is 38.5 Å². The zero-order valence-corrected chi connectivity index (χ0v) is 21.7. The highest BCUT2D eigenvalue weighted by Gasteiger charge is 2.60. The van der Waals surface area contributed by atoms with Gasteiger partial charge in [-0.3, -0.25) is 43.3 Å². The van der Waals surface area contributed by atoms with Crippen LogP contribution in [0.4, 0.5) is 0 Å². The molecule has 0 saturated heterocycles. The van der Waals surface area contributed by atoms with Crippen LogP contribution < -0.4 is 28.7 Å². The van der Waals surface area contributed by atoms with Crippen LogP contribution in [0, 0.1) is 5.92 Å². The molecule has 0 bridgehead atoms. The molecule has 0 heterocycles. The quantitative estimate of drug-likeness (QED) is 0.0473. The number of hydrogen-bond donors (Lipinski definition) is 9. The number of rotatable bonds is 20. The lowest BCUT2D eigenvalue weighted by Crippen LogP contribution is -2.73. The lowest BCUT2D eigenvalue weighted by Gasteiger charge is -2.45. The molecule has 6 unspecified atom stereocenters. The second kappa shape index (κ2) is 16.2. The second-order valence-electron chi connectivity index (χ2n) is 9.02. The number of carbonyl (C=O) groups excluding carboxylic acids is 5. The van der Waals surface area contributed by atoms with Crippen LogP contribution >= 0.6 is 0 Å². The number of amides is 2. The highest BCUT2D eigenvalue weighted by molar-refractivity contribution is 6.18. The lowest BCUT2D eigenvalue weighted by molar-refractivity contribution is -0.168. The molecule has 0 rings (SSSR count). The van der Waals surface area contributed by atoms with Crippen LogP contribution in [0.5, 0.6) is 0 Å². The van der Waals surface area contributed by atoms with Crippen LogP contribution in [0.25, 0.3) is 0 Å². The molecular formula is C22H34N6O13. The van der Waals surface area contributed by atoms with E-state index in [2.05, 4.69) is 0 Å². The molecule has 2 amide bonds. The van der Waals surface area contributed by atoms with Gasteiger partial charge in [0.15, 0.2) is 23.4 Å². The van der Waals surface area contributed by atoms with Crippen molar-refractivity contribution in [3.63, 3.8) is 0 Å². The Morgan fingerprint density at radius 1 is 0.659 bits per heavy atom. The third-order valence-corrected chi connectivity index (χ3v) is 5.87. The third kappa shape index (κ3) is 9.76. The third-order valence-electron chi connectivity index (χ3n) is 5.87. The molecule has 0 aromatic heterocycles. The monoisotopic (exact) mass is 590 g/mol. The van der Waals surface area contributed by atoms with Crippen molar-refractivity contribution in [3.8, 4) is 0 Å². The van der Waals surface area contributed by atoms with Gasteiger partial charge in [0.2, 0.25) is 11.8 Å². The lowest BCUT2D eigenvalue weighted by atomic mass is 9.70. The Morgan fingerprint density at radius 3 is 1.37 bits per heavy atom. The minimum Gasteiger partial charge on any atom is -0.481 e. The molecule has 0 aromatic rings. The van der Waals surface area contributed by atoms with Gasteiger partial charge < -0.3 is 53.9 Å². The number of carboxylic acids is 4. The van der Waals surface area contributed by atoms with Gasteiger partial charge >= 0.3 is 23.9 Å². The zero-order chi connectivity index (χ0) is 32.2. The molecule has 19 heteroatoms. The minimum absolute atomic E-state index is 0.230. The van der Waals surface area contributed by atoms with E-state index in [0.717, 1.165) is 0 Å². The van der Waals surface area contributed by atoms with Crippen molar-refractivity contribution in [2.75, 3.05) is 6.54 Å². The summed E-state index contributed by atoms with van der Waals surface area (Å²) in [7, 11) is 0. The molecule has 41 heavy (non-hydrogen) atoms. The van der Waals surface area contributed by atoms with E-state index in [-0.39, 0.29) is 17.9 Å². The molecule has 0 aliphatic carbocycles. The van der Waals surface area contributed by atoms with Crippen LogP contribution in [0.15, 0.2) is 0 Å². The molecule has 0 spiro atoms. The van der Waals surface area contributed by atoms with Crippen molar-refractivity contribution in [2.45, 2.75) is 68.2 Å². The number of aliphatic carboxylic acids is 4. The summed E-state index contributed by atoms with van der Waals surface area (Å²) in [5.41, 5.74) is 24.7. The van der Waals surface area contributed by atoms with Gasteiger partial charge in [-0.05, 0) is 19.4 Å². The summed E-state index contributed by atoms with van der Waals surface area (Å²) < 4.78 is 0. The molecular weight excluding hydrogens is 556 g/mol. The van der Waals surface area contributed by atoms with Gasteiger partial charge in [0, 0.05) is 0 Å². The smallest absolute Gasteiger partial charge is 0.305 e. The number of Topliss-reactive ketones (excluding diaryl/α,β-unsaturated/α-hetero) is 2. The molecule has 0 aromatic carbocycles. The maximum Gasteiger partial charge on any atom is 0.305 e. The van der Waals surface area contributed by atoms with E-state index < -0.39 is 121 Å². The molecule has 0 fully saturated rings. The first kappa shape index (κ1) is 36.8. The van der Waals surface area contributed by atoms with Crippen molar-refractivity contribution in [1.29, 1.82) is 0 Å². The molecule has 230 valence electrons. The Bertz CT molecular complexity index is 1030. The minimum atomic E-state index is -3.43. The molecule has 0 aliphatic heterocycles. The number of aldehydes is 1. The number of carbonyl (C=O) groups is 9. The van der Waals surface area contributed by atoms with Gasteiger partial charge in [-0.2, -0.15) is 0 Å². The van der Waals surface area contributed by atoms with Gasteiger partial charge in [0.25, 0.3) is 0 Å². The number of nitrogens with two attached hydrogens (primary N) is 5. The standard InChI is InChI=1S/C22H34N6O13/c23-3-1-2-9(18(38)10(24)4-14(30)31)22(8-29,19(39)11(25)5-15(32)33)28(20(40)12(26)6-16(34)35)21(41)13(27)7-17(36)37/h8-13H,1-7,23-27H2,(H,30,31)(H,32,33)(H,34,35)(H,36,37). The van der Waals surface area contributed by atoms with Gasteiger partial charge in [0.1, 0.15) is 0 Å². The van der Waals surface area contributed by atoms with E-state index in [0.29, 0.717) is 0 Å². The van der Waals surface area contributed by atoms with Crippen molar-refractivity contribution >= 4 is 53.5 Å². The number of hydrogen-bond acceptors (Lipinski definition) is 14. The summed E-state index contributed by atoms with van der Waals surface area (Å²) in [6.07, 6.45) is -5.99. The Morgan fingerprint density at radius 2 is 1.02 bits per heavy atom. The first-order chi connectivity index (χ1) is 18.9. The van der Waals surface area contributed by atoms with E-state index in [9.17, 15) is 48.3 Å². The van der Waals surface area contributed by atoms with E-state index in [1.165, 1.54) is 0 Å². The number of nitrogens with zero attached hydrogens (tertiary/aromatic N) is 1. The van der Waals surface area contributed by atoms with Crippen LogP contribution in [0.3, 0.4) is 0 Å². The largest absolute Gasteiger partial charge is 0.481 e. The number of carboxylic acid groups (broad SMARTS) is 4. The Labute approximate surface area is 231 Å². The predicted molar refractivity (Wildman–Crippen MR) is 133 cm³/mol. The first-order valence-electron chi connectivity index (χ1n) is 11.9. The van der Waals surface area contributed by atoms with Gasteiger partial charge in [-0.15, -0.1) is 0 Å². The molecule has 0 saturated carbocycles. The maximum atomic E-state index is 13.8.